The van der Waals surface area contributed by atoms with Gasteiger partial charge in [0.1, 0.15) is 9.84 Å². The van der Waals surface area contributed by atoms with E-state index < -0.39 is 9.84 Å². The average Bonchev–Trinajstić information content (AvgIpc) is 3.00. The standard InChI is InChI=1S/C16H32N4O3S.HI/c1-13(8-11-24(3,22)23)20-16(17-2)19-10-9-18-15(21)12-14-6-4-5-7-14;/h13-14H,4-12H2,1-3H3,(H,18,21)(H2,17,19,20);1H. The van der Waals surface area contributed by atoms with Gasteiger partial charge in [-0.25, -0.2) is 8.42 Å². The van der Waals surface area contributed by atoms with Gasteiger partial charge in [0.25, 0.3) is 0 Å². The zero-order chi connectivity index (χ0) is 18.0. The zero-order valence-corrected chi connectivity index (χ0v) is 18.7. The smallest absolute Gasteiger partial charge is 0.220 e. The minimum atomic E-state index is -2.95. The van der Waals surface area contributed by atoms with Crippen LogP contribution < -0.4 is 16.0 Å². The zero-order valence-electron chi connectivity index (χ0n) is 15.5. The molecule has 1 aliphatic rings. The first-order valence-corrected chi connectivity index (χ1v) is 10.8. The summed E-state index contributed by atoms with van der Waals surface area (Å²) in [6, 6.07) is 0.00267. The number of carbonyl (C=O) groups is 1. The van der Waals surface area contributed by atoms with Crippen LogP contribution in [0, 0.1) is 5.92 Å². The van der Waals surface area contributed by atoms with Gasteiger partial charge in [0.15, 0.2) is 5.96 Å². The van der Waals surface area contributed by atoms with Gasteiger partial charge in [-0.15, -0.1) is 24.0 Å². The van der Waals surface area contributed by atoms with Crippen LogP contribution in [0.2, 0.25) is 0 Å². The van der Waals surface area contributed by atoms with Gasteiger partial charge in [-0.05, 0) is 32.1 Å². The second-order valence-electron chi connectivity index (χ2n) is 6.67. The molecule has 0 bridgehead atoms. The van der Waals surface area contributed by atoms with Crippen molar-refractivity contribution in [2.75, 3.05) is 32.1 Å². The second kappa shape index (κ2) is 12.7. The predicted octanol–water partition coefficient (Wildman–Crippen LogP) is 1.29. The van der Waals surface area contributed by atoms with Gasteiger partial charge in [0.05, 0.1) is 5.75 Å². The number of rotatable bonds is 9. The van der Waals surface area contributed by atoms with E-state index in [-0.39, 0.29) is 41.7 Å². The van der Waals surface area contributed by atoms with E-state index in [4.69, 9.17) is 0 Å². The molecule has 3 N–H and O–H groups in total. The Morgan fingerprint density at radius 3 is 2.36 bits per heavy atom. The molecule has 1 fully saturated rings. The maximum atomic E-state index is 11.8. The second-order valence-corrected chi connectivity index (χ2v) is 8.93. The van der Waals surface area contributed by atoms with Crippen molar-refractivity contribution in [1.82, 2.24) is 16.0 Å². The molecule has 0 radical (unpaired) electrons. The van der Waals surface area contributed by atoms with E-state index in [1.165, 1.54) is 31.9 Å². The number of nitrogens with zero attached hydrogens (tertiary/aromatic N) is 1. The van der Waals surface area contributed by atoms with E-state index in [0.29, 0.717) is 37.8 Å². The van der Waals surface area contributed by atoms with Crippen molar-refractivity contribution >= 4 is 45.7 Å². The summed E-state index contributed by atoms with van der Waals surface area (Å²) >= 11 is 0. The highest BCUT2D eigenvalue weighted by atomic mass is 127. The van der Waals surface area contributed by atoms with Crippen LogP contribution in [-0.4, -0.2) is 58.5 Å². The number of carbonyl (C=O) groups excluding carboxylic acids is 1. The lowest BCUT2D eigenvalue weighted by molar-refractivity contribution is -0.121. The van der Waals surface area contributed by atoms with Crippen molar-refractivity contribution in [3.8, 4) is 0 Å². The first kappa shape index (κ1) is 24.4. The summed E-state index contributed by atoms with van der Waals surface area (Å²) in [4.78, 5) is 15.9. The maximum absolute atomic E-state index is 11.8. The van der Waals surface area contributed by atoms with Crippen LogP contribution in [0.4, 0.5) is 0 Å². The molecule has 9 heteroatoms. The monoisotopic (exact) mass is 488 g/mol. The lowest BCUT2D eigenvalue weighted by atomic mass is 10.0. The molecule has 0 saturated heterocycles. The maximum Gasteiger partial charge on any atom is 0.220 e. The quantitative estimate of drug-likeness (QED) is 0.197. The molecule has 0 aromatic rings. The van der Waals surface area contributed by atoms with Crippen molar-refractivity contribution in [1.29, 1.82) is 0 Å². The Morgan fingerprint density at radius 1 is 1.20 bits per heavy atom. The molecule has 0 aliphatic heterocycles. The third-order valence-electron chi connectivity index (χ3n) is 4.22. The summed E-state index contributed by atoms with van der Waals surface area (Å²) in [5, 5.41) is 9.19. The Kier molecular flexibility index (Phi) is 12.4. The fourth-order valence-corrected chi connectivity index (χ4v) is 3.60. The highest BCUT2D eigenvalue weighted by Crippen LogP contribution is 2.27. The number of hydrogen-bond donors (Lipinski definition) is 3. The van der Waals surface area contributed by atoms with E-state index in [0.717, 1.165) is 0 Å². The molecule has 1 aliphatic carbocycles. The van der Waals surface area contributed by atoms with Gasteiger partial charge in [-0.2, -0.15) is 0 Å². The Hall–Kier alpha value is -0.580. The topological polar surface area (TPSA) is 99.7 Å². The third-order valence-corrected chi connectivity index (χ3v) is 5.19. The van der Waals surface area contributed by atoms with E-state index in [2.05, 4.69) is 20.9 Å². The molecule has 0 aromatic heterocycles. The van der Waals surface area contributed by atoms with E-state index >= 15 is 0 Å². The number of guanidine groups is 1. The summed E-state index contributed by atoms with van der Waals surface area (Å²) in [5.74, 6) is 1.44. The fraction of sp³-hybridized carbons (Fsp3) is 0.875. The van der Waals surface area contributed by atoms with Crippen LogP contribution in [0.1, 0.15) is 45.4 Å². The minimum absolute atomic E-state index is 0. The van der Waals surface area contributed by atoms with Gasteiger partial charge in [-0.1, -0.05) is 12.8 Å². The van der Waals surface area contributed by atoms with Crippen molar-refractivity contribution in [3.05, 3.63) is 0 Å². The van der Waals surface area contributed by atoms with Gasteiger partial charge in [0.2, 0.25) is 5.91 Å². The largest absolute Gasteiger partial charge is 0.355 e. The SMILES string of the molecule is CN=C(NCCNC(=O)CC1CCCC1)NC(C)CCS(C)(=O)=O.I. The van der Waals surface area contributed by atoms with Crippen LogP contribution in [0.5, 0.6) is 0 Å². The highest BCUT2D eigenvalue weighted by molar-refractivity contribution is 14.0. The van der Waals surface area contributed by atoms with Crippen molar-refractivity contribution < 1.29 is 13.2 Å². The summed E-state index contributed by atoms with van der Waals surface area (Å²) < 4.78 is 22.4. The van der Waals surface area contributed by atoms with Gasteiger partial charge >= 0.3 is 0 Å². The molecule has 0 aromatic carbocycles. The first-order valence-electron chi connectivity index (χ1n) is 8.71. The lowest BCUT2D eigenvalue weighted by Crippen LogP contribution is -2.45. The summed E-state index contributed by atoms with van der Waals surface area (Å²) in [6.45, 7) is 3.04. The molecule has 25 heavy (non-hydrogen) atoms. The molecular weight excluding hydrogens is 455 g/mol. The third kappa shape index (κ3) is 12.4. The molecule has 0 spiro atoms. The molecule has 1 saturated carbocycles. The summed E-state index contributed by atoms with van der Waals surface area (Å²) in [6.07, 6.45) is 7.24. The van der Waals surface area contributed by atoms with Crippen LogP contribution in [0.3, 0.4) is 0 Å². The molecule has 1 rings (SSSR count). The number of aliphatic imine (C=N–C) groups is 1. The lowest BCUT2D eigenvalue weighted by Gasteiger charge is -2.18. The van der Waals surface area contributed by atoms with E-state index in [1.807, 2.05) is 6.92 Å². The van der Waals surface area contributed by atoms with Crippen molar-refractivity contribution in [3.63, 3.8) is 0 Å². The Labute approximate surface area is 169 Å². The number of halogens is 1. The minimum Gasteiger partial charge on any atom is -0.355 e. The van der Waals surface area contributed by atoms with Crippen LogP contribution in [-0.2, 0) is 14.6 Å². The van der Waals surface area contributed by atoms with Gasteiger partial charge in [0, 0.05) is 38.9 Å². The predicted molar refractivity (Wildman–Crippen MR) is 113 cm³/mol. The van der Waals surface area contributed by atoms with E-state index in [9.17, 15) is 13.2 Å². The normalized spacial score (nSPS) is 16.8. The fourth-order valence-electron chi connectivity index (χ4n) is 2.82. The molecule has 1 unspecified atom stereocenters. The average molecular weight is 488 g/mol. The number of sulfone groups is 1. The van der Waals surface area contributed by atoms with Crippen LogP contribution in [0.25, 0.3) is 0 Å². The first-order chi connectivity index (χ1) is 11.3. The van der Waals surface area contributed by atoms with Crippen LogP contribution >= 0.6 is 24.0 Å². The Morgan fingerprint density at radius 2 is 1.80 bits per heavy atom. The number of amides is 1. The van der Waals surface area contributed by atoms with Crippen LogP contribution in [0.15, 0.2) is 4.99 Å². The van der Waals surface area contributed by atoms with Crippen molar-refractivity contribution in [2.24, 2.45) is 10.9 Å². The number of nitrogens with one attached hydrogen (secondary N) is 3. The molecule has 1 amide bonds. The summed E-state index contributed by atoms with van der Waals surface area (Å²) in [5.41, 5.74) is 0. The molecule has 148 valence electrons. The van der Waals surface area contributed by atoms with Crippen molar-refractivity contribution in [2.45, 2.75) is 51.5 Å². The number of hydrogen-bond acceptors (Lipinski definition) is 4. The molecule has 0 heterocycles. The molecular formula is C16H33IN4O3S. The highest BCUT2D eigenvalue weighted by Gasteiger charge is 2.18. The molecule has 1 atom stereocenters. The van der Waals surface area contributed by atoms with E-state index in [1.54, 1.807) is 7.05 Å². The molecule has 7 nitrogen and oxygen atoms in total. The Balaban J connectivity index is 0.00000576. The summed E-state index contributed by atoms with van der Waals surface area (Å²) in [7, 11) is -1.29. The Bertz CT molecular complexity index is 519. The van der Waals surface area contributed by atoms with Gasteiger partial charge < -0.3 is 16.0 Å². The van der Waals surface area contributed by atoms with Gasteiger partial charge in [-0.3, -0.25) is 9.79 Å².